The van der Waals surface area contributed by atoms with E-state index in [2.05, 4.69) is 14.8 Å². The minimum absolute atomic E-state index is 0.112. The summed E-state index contributed by atoms with van der Waals surface area (Å²) in [6.45, 7) is 0. The molecule has 248 valence electrons. The Kier molecular flexibility index (Phi) is 15.3. The Labute approximate surface area is 279 Å². The zero-order valence-corrected chi connectivity index (χ0v) is 28.0. The van der Waals surface area contributed by atoms with Gasteiger partial charge in [0.15, 0.2) is 5.25 Å². The first-order valence-corrected chi connectivity index (χ1v) is 19.6. The van der Waals surface area contributed by atoms with Crippen molar-refractivity contribution in [2.45, 2.75) is 60.2 Å². The zero-order chi connectivity index (χ0) is 33.5. The molecular formula is C26H28N4O11S5. The Morgan fingerprint density at radius 1 is 0.783 bits per heavy atom. The highest BCUT2D eigenvalue weighted by molar-refractivity contribution is 8.77. The fourth-order valence-electron chi connectivity index (χ4n) is 3.43. The number of nitrogens with zero attached hydrogens (tertiary/aromatic N) is 4. The zero-order valence-electron chi connectivity index (χ0n) is 23.9. The molecule has 20 heteroatoms. The second-order valence-electron chi connectivity index (χ2n) is 9.08. The molecule has 1 atom stereocenters. The van der Waals surface area contributed by atoms with Crippen LogP contribution < -0.4 is 0 Å². The highest BCUT2D eigenvalue weighted by Gasteiger charge is 2.39. The third-order valence-corrected chi connectivity index (χ3v) is 11.4. The molecule has 4 amide bonds. The molecule has 0 bridgehead atoms. The van der Waals surface area contributed by atoms with Crippen LogP contribution in [0.1, 0.15) is 44.9 Å². The maximum Gasteiger partial charge on any atom is 0.353 e. The number of aromatic nitrogens is 2. The first-order chi connectivity index (χ1) is 22.0. The van der Waals surface area contributed by atoms with Crippen LogP contribution in [0.5, 0.6) is 0 Å². The van der Waals surface area contributed by atoms with E-state index in [1.807, 2.05) is 18.2 Å². The average Bonchev–Trinajstić information content (AvgIpc) is 3.51. The summed E-state index contributed by atoms with van der Waals surface area (Å²) >= 11 is 0. The number of hydroxylamine groups is 4. The maximum atomic E-state index is 12.0. The van der Waals surface area contributed by atoms with E-state index < -0.39 is 50.9 Å². The molecule has 4 rings (SSSR count). The van der Waals surface area contributed by atoms with Crippen LogP contribution in [-0.4, -0.2) is 85.4 Å². The second kappa shape index (κ2) is 18.8. The van der Waals surface area contributed by atoms with Crippen molar-refractivity contribution >= 4 is 88.9 Å². The summed E-state index contributed by atoms with van der Waals surface area (Å²) in [6, 6.07) is 11.0. The standard InChI is InChI=1S/C13H14N2O7S3.C13H14N2O4S2/c16-11-4-5-12(17)15(11)22-13(18)9(25(19,20)21)6-8-23-24-10-3-1-2-7-14-10;16-11-6-7-12(17)15(11)19-13(18)5-3-9-20-21-10-4-1-2-8-14-10/h1-3,7,9H,4-6,8H2,(H,19,20,21);1-2,4,8H,3,5-7,9H2. The SMILES string of the molecule is O=C(CCCSSc1ccccn1)ON1C(=O)CCC1=O.O=C(ON1C(=O)CCC1=O)C(CCSSc1ccccn1)S(=O)(=O)O. The van der Waals surface area contributed by atoms with Gasteiger partial charge in [-0.15, -0.1) is 10.1 Å². The lowest BCUT2D eigenvalue weighted by Gasteiger charge is -2.17. The van der Waals surface area contributed by atoms with Crippen molar-refractivity contribution in [2.75, 3.05) is 11.5 Å². The minimum Gasteiger partial charge on any atom is -0.330 e. The van der Waals surface area contributed by atoms with E-state index >= 15 is 0 Å². The van der Waals surface area contributed by atoms with Gasteiger partial charge in [-0.1, -0.05) is 33.7 Å². The van der Waals surface area contributed by atoms with Crippen molar-refractivity contribution in [1.29, 1.82) is 0 Å². The van der Waals surface area contributed by atoms with Crippen LogP contribution in [0.4, 0.5) is 0 Å². The molecule has 0 aliphatic carbocycles. The molecule has 2 aromatic rings. The molecule has 46 heavy (non-hydrogen) atoms. The Morgan fingerprint density at radius 3 is 1.72 bits per heavy atom. The van der Waals surface area contributed by atoms with Gasteiger partial charge in [-0.25, -0.2) is 19.6 Å². The van der Waals surface area contributed by atoms with Crippen molar-refractivity contribution in [3.05, 3.63) is 48.8 Å². The lowest BCUT2D eigenvalue weighted by Crippen LogP contribution is -2.39. The van der Waals surface area contributed by atoms with E-state index in [9.17, 15) is 41.7 Å². The molecule has 0 aromatic carbocycles. The highest BCUT2D eigenvalue weighted by atomic mass is 33.1. The van der Waals surface area contributed by atoms with Crippen LogP contribution in [-0.2, 0) is 48.6 Å². The average molecular weight is 733 g/mol. The van der Waals surface area contributed by atoms with E-state index in [0.717, 1.165) is 10.8 Å². The summed E-state index contributed by atoms with van der Waals surface area (Å²) in [5.41, 5.74) is 0. The Balaban J connectivity index is 0.000000254. The van der Waals surface area contributed by atoms with E-state index in [1.54, 1.807) is 52.2 Å². The van der Waals surface area contributed by atoms with Gasteiger partial charge in [0.05, 0.1) is 0 Å². The van der Waals surface area contributed by atoms with Gasteiger partial charge in [0.1, 0.15) is 10.1 Å². The predicted molar refractivity (Wildman–Crippen MR) is 169 cm³/mol. The van der Waals surface area contributed by atoms with Crippen molar-refractivity contribution < 1.29 is 51.4 Å². The largest absolute Gasteiger partial charge is 0.353 e. The lowest BCUT2D eigenvalue weighted by atomic mass is 10.3. The Morgan fingerprint density at radius 2 is 1.26 bits per heavy atom. The summed E-state index contributed by atoms with van der Waals surface area (Å²) in [6.07, 6.45) is 3.87. The topological polar surface area (TPSA) is 208 Å². The highest BCUT2D eigenvalue weighted by Crippen LogP contribution is 2.31. The van der Waals surface area contributed by atoms with E-state index in [4.69, 9.17) is 4.84 Å². The van der Waals surface area contributed by atoms with Crippen LogP contribution in [0.25, 0.3) is 0 Å². The summed E-state index contributed by atoms with van der Waals surface area (Å²) in [5.74, 6) is -3.35. The number of hydrogen-bond donors (Lipinski definition) is 1. The fourth-order valence-corrected chi connectivity index (χ4v) is 8.22. The van der Waals surface area contributed by atoms with E-state index in [1.165, 1.54) is 21.6 Å². The van der Waals surface area contributed by atoms with Gasteiger partial charge >= 0.3 is 11.9 Å². The number of rotatable bonds is 15. The minimum atomic E-state index is -4.75. The molecule has 1 unspecified atom stereocenters. The normalized spacial score (nSPS) is 15.4. The molecule has 2 aliphatic rings. The number of hydrogen-bond acceptors (Lipinski definition) is 16. The number of amides is 4. The van der Waals surface area contributed by atoms with Crippen LogP contribution in [0.15, 0.2) is 58.8 Å². The summed E-state index contributed by atoms with van der Waals surface area (Å²) < 4.78 is 32.0. The Bertz CT molecular complexity index is 1470. The third kappa shape index (κ3) is 12.6. The van der Waals surface area contributed by atoms with Crippen molar-refractivity contribution in [2.24, 2.45) is 0 Å². The lowest BCUT2D eigenvalue weighted by molar-refractivity contribution is -0.197. The monoisotopic (exact) mass is 732 g/mol. The number of carbonyl (C=O) groups excluding carboxylic acids is 6. The Hall–Kier alpha value is -3.17. The van der Waals surface area contributed by atoms with Gasteiger partial charge in [0, 0.05) is 56.0 Å². The molecule has 1 N–H and O–H groups in total. The second-order valence-corrected chi connectivity index (χ2v) is 15.6. The quantitative estimate of drug-likeness (QED) is 0.121. The maximum absolute atomic E-state index is 12.0. The molecular weight excluding hydrogens is 705 g/mol. The van der Waals surface area contributed by atoms with Gasteiger partial charge in [-0.2, -0.15) is 8.42 Å². The van der Waals surface area contributed by atoms with Crippen LogP contribution in [0, 0.1) is 0 Å². The molecule has 15 nitrogen and oxygen atoms in total. The first kappa shape index (κ1) is 37.3. The van der Waals surface area contributed by atoms with E-state index in [0.29, 0.717) is 16.5 Å². The van der Waals surface area contributed by atoms with Gasteiger partial charge in [-0.05, 0) is 58.7 Å². The van der Waals surface area contributed by atoms with Crippen LogP contribution in [0.2, 0.25) is 0 Å². The molecule has 0 spiro atoms. The summed E-state index contributed by atoms with van der Waals surface area (Å²) in [5, 5.41) is 0.560. The number of imide groups is 2. The number of pyridine rings is 2. The number of carbonyl (C=O) groups is 6. The van der Waals surface area contributed by atoms with Crippen molar-refractivity contribution in [3.8, 4) is 0 Å². The molecule has 4 heterocycles. The third-order valence-electron chi connectivity index (χ3n) is 5.64. The molecule has 2 aromatic heterocycles. The van der Waals surface area contributed by atoms with Crippen molar-refractivity contribution in [1.82, 2.24) is 20.1 Å². The molecule has 0 radical (unpaired) electrons. The fraction of sp³-hybridized carbons (Fsp3) is 0.385. The molecule has 2 fully saturated rings. The predicted octanol–water partition coefficient (Wildman–Crippen LogP) is 3.28. The smallest absolute Gasteiger partial charge is 0.330 e. The van der Waals surface area contributed by atoms with Crippen molar-refractivity contribution in [3.63, 3.8) is 0 Å². The van der Waals surface area contributed by atoms with Gasteiger partial charge in [0.2, 0.25) is 0 Å². The van der Waals surface area contributed by atoms with Gasteiger partial charge in [0.25, 0.3) is 33.7 Å². The molecule has 0 saturated carbocycles. The molecule has 2 aliphatic heterocycles. The van der Waals surface area contributed by atoms with Gasteiger partial charge in [-0.3, -0.25) is 23.7 Å². The van der Waals surface area contributed by atoms with Crippen LogP contribution in [0.3, 0.4) is 0 Å². The van der Waals surface area contributed by atoms with Crippen LogP contribution >= 0.6 is 43.2 Å². The van der Waals surface area contributed by atoms with E-state index in [-0.39, 0.29) is 49.3 Å². The van der Waals surface area contributed by atoms with Gasteiger partial charge < -0.3 is 9.68 Å². The summed E-state index contributed by atoms with van der Waals surface area (Å²) in [7, 11) is 0.896. The first-order valence-electron chi connectivity index (χ1n) is 13.5. The molecule has 2 saturated heterocycles. The summed E-state index contributed by atoms with van der Waals surface area (Å²) in [4.78, 5) is 86.4.